The average molecular weight is 327 g/mol. The minimum absolute atomic E-state index is 0.0456. The highest BCUT2D eigenvalue weighted by molar-refractivity contribution is 6.33. The normalized spacial score (nSPS) is 33.0. The van der Waals surface area contributed by atoms with Crippen LogP contribution in [0.3, 0.4) is 0 Å². The van der Waals surface area contributed by atoms with E-state index in [1.165, 1.54) is 17.5 Å². The van der Waals surface area contributed by atoms with Crippen molar-refractivity contribution in [2.45, 2.75) is 30.5 Å². The molecule has 114 valence electrons. The van der Waals surface area contributed by atoms with Crippen LogP contribution < -0.4 is 0 Å². The first-order valence-electron chi connectivity index (χ1n) is 7.52. The van der Waals surface area contributed by atoms with Crippen LogP contribution in [0.4, 0.5) is 0 Å². The summed E-state index contributed by atoms with van der Waals surface area (Å²) in [4.78, 5) is 12.6. The third-order valence-corrected chi connectivity index (χ3v) is 5.38. The van der Waals surface area contributed by atoms with E-state index in [2.05, 4.69) is 27.1 Å². The summed E-state index contributed by atoms with van der Waals surface area (Å²) >= 11 is 6.10. The van der Waals surface area contributed by atoms with Gasteiger partial charge in [0.05, 0.1) is 12.9 Å². The average Bonchev–Trinajstić information content (AvgIpc) is 3.07. The second kappa shape index (κ2) is 3.90. The van der Waals surface area contributed by atoms with Crippen LogP contribution in [0.15, 0.2) is 36.9 Å². The SMILES string of the molecule is Clc1ncnc2c1ncn2C[C@]12O[C@H](c3ccccc31)[C@H]1O[C@H]12. The van der Waals surface area contributed by atoms with Crippen molar-refractivity contribution in [1.29, 1.82) is 0 Å². The number of fused-ring (bicyclic) bond motifs is 9. The standard InChI is InChI=1S/C16H11ClN4O2/c17-14-10-15(19-6-18-14)21(7-20-10)5-16-9-4-2-1-3-8(9)11(23-16)12-13(16)22-12/h1-4,6-7,11-13H,5H2/t11-,12-,13-,16+/m1/s1. The molecule has 6 nitrogen and oxygen atoms in total. The lowest BCUT2D eigenvalue weighted by Crippen LogP contribution is -2.35. The predicted octanol–water partition coefficient (Wildman–Crippen LogP) is 2.23. The van der Waals surface area contributed by atoms with Gasteiger partial charge in [-0.3, -0.25) is 0 Å². The molecule has 3 aliphatic heterocycles. The lowest BCUT2D eigenvalue weighted by Gasteiger charge is -2.27. The van der Waals surface area contributed by atoms with E-state index in [0.29, 0.717) is 22.9 Å². The Bertz CT molecular complexity index is 974. The van der Waals surface area contributed by atoms with Crippen molar-refractivity contribution < 1.29 is 9.47 Å². The quantitative estimate of drug-likeness (QED) is 0.533. The number of imidazole rings is 1. The number of nitrogens with zero attached hydrogens (tertiary/aromatic N) is 4. The molecule has 6 rings (SSSR count). The van der Waals surface area contributed by atoms with Crippen LogP contribution in [0.1, 0.15) is 17.2 Å². The molecule has 5 heterocycles. The van der Waals surface area contributed by atoms with Crippen molar-refractivity contribution >= 4 is 22.8 Å². The van der Waals surface area contributed by atoms with Gasteiger partial charge in [0.2, 0.25) is 0 Å². The molecule has 2 aromatic heterocycles. The monoisotopic (exact) mass is 326 g/mol. The molecule has 7 heteroatoms. The molecule has 4 atom stereocenters. The van der Waals surface area contributed by atoms with Gasteiger partial charge in [-0.2, -0.15) is 0 Å². The Kier molecular flexibility index (Phi) is 2.10. The molecule has 3 aliphatic rings. The molecular formula is C16H11ClN4O2. The van der Waals surface area contributed by atoms with E-state index in [9.17, 15) is 0 Å². The van der Waals surface area contributed by atoms with Gasteiger partial charge >= 0.3 is 0 Å². The van der Waals surface area contributed by atoms with E-state index < -0.39 is 5.60 Å². The molecule has 2 fully saturated rings. The number of halogens is 1. The first-order valence-corrected chi connectivity index (χ1v) is 7.90. The first-order chi connectivity index (χ1) is 11.3. The molecule has 23 heavy (non-hydrogen) atoms. The van der Waals surface area contributed by atoms with Gasteiger partial charge in [-0.1, -0.05) is 35.9 Å². The fourth-order valence-electron chi connectivity index (χ4n) is 4.11. The van der Waals surface area contributed by atoms with Crippen molar-refractivity contribution in [1.82, 2.24) is 19.5 Å². The molecule has 0 aliphatic carbocycles. The van der Waals surface area contributed by atoms with E-state index in [1.54, 1.807) is 6.33 Å². The molecule has 2 bridgehead atoms. The molecule has 0 radical (unpaired) electrons. The van der Waals surface area contributed by atoms with Crippen LogP contribution in [0.2, 0.25) is 5.15 Å². The second-order valence-corrected chi connectivity index (χ2v) is 6.60. The Balaban J connectivity index is 1.52. The zero-order valence-corrected chi connectivity index (χ0v) is 12.6. The number of rotatable bonds is 2. The Morgan fingerprint density at radius 2 is 2.13 bits per heavy atom. The van der Waals surface area contributed by atoms with E-state index >= 15 is 0 Å². The lowest BCUT2D eigenvalue weighted by molar-refractivity contribution is -0.0971. The number of benzene rings is 1. The van der Waals surface area contributed by atoms with Gasteiger partial charge in [-0.25, -0.2) is 15.0 Å². The lowest BCUT2D eigenvalue weighted by atomic mass is 9.82. The summed E-state index contributed by atoms with van der Waals surface area (Å²) in [7, 11) is 0. The Morgan fingerprint density at radius 3 is 3.09 bits per heavy atom. The zero-order chi connectivity index (χ0) is 15.2. The van der Waals surface area contributed by atoms with Crippen molar-refractivity contribution in [2.75, 3.05) is 0 Å². The van der Waals surface area contributed by atoms with Crippen LogP contribution >= 0.6 is 11.6 Å². The van der Waals surface area contributed by atoms with Crippen LogP contribution in [0.5, 0.6) is 0 Å². The van der Waals surface area contributed by atoms with Gasteiger partial charge in [0.15, 0.2) is 10.8 Å². The molecule has 0 spiro atoms. The number of ether oxygens (including phenoxy) is 2. The molecule has 0 saturated carbocycles. The Hall–Kier alpha value is -2.02. The number of epoxide rings is 1. The highest BCUT2D eigenvalue weighted by atomic mass is 35.5. The maximum absolute atomic E-state index is 6.39. The first kappa shape index (κ1) is 12.4. The zero-order valence-electron chi connectivity index (χ0n) is 11.9. The van der Waals surface area contributed by atoms with Crippen molar-refractivity contribution in [3.63, 3.8) is 0 Å². The van der Waals surface area contributed by atoms with Crippen molar-refractivity contribution in [3.8, 4) is 0 Å². The fourth-order valence-corrected chi connectivity index (χ4v) is 4.29. The molecule has 0 unspecified atom stereocenters. The summed E-state index contributed by atoms with van der Waals surface area (Å²) in [6.45, 7) is 0.603. The van der Waals surface area contributed by atoms with Gasteiger partial charge in [0.1, 0.15) is 35.8 Å². The van der Waals surface area contributed by atoms with Gasteiger partial charge in [0.25, 0.3) is 0 Å². The summed E-state index contributed by atoms with van der Waals surface area (Å²) in [5.74, 6) is 0. The van der Waals surface area contributed by atoms with E-state index in [-0.39, 0.29) is 18.3 Å². The van der Waals surface area contributed by atoms with Crippen LogP contribution in [-0.4, -0.2) is 31.7 Å². The molecule has 2 saturated heterocycles. The number of hydrogen-bond acceptors (Lipinski definition) is 5. The van der Waals surface area contributed by atoms with E-state index in [1.807, 2.05) is 16.7 Å². The second-order valence-electron chi connectivity index (χ2n) is 6.25. The molecule has 0 N–H and O–H groups in total. The van der Waals surface area contributed by atoms with Gasteiger partial charge < -0.3 is 14.0 Å². The van der Waals surface area contributed by atoms with Crippen molar-refractivity contribution in [2.24, 2.45) is 0 Å². The third kappa shape index (κ3) is 1.40. The van der Waals surface area contributed by atoms with Gasteiger partial charge in [0, 0.05) is 0 Å². The minimum atomic E-state index is -0.461. The van der Waals surface area contributed by atoms with Crippen LogP contribution in [0, 0.1) is 0 Å². The van der Waals surface area contributed by atoms with E-state index in [4.69, 9.17) is 21.1 Å². The molecule has 3 aromatic rings. The van der Waals surface area contributed by atoms with Gasteiger partial charge in [-0.15, -0.1) is 0 Å². The maximum Gasteiger partial charge on any atom is 0.164 e. The third-order valence-electron chi connectivity index (χ3n) is 5.11. The molecular weight excluding hydrogens is 316 g/mol. The highest BCUT2D eigenvalue weighted by Gasteiger charge is 2.72. The summed E-state index contributed by atoms with van der Waals surface area (Å²) in [5, 5.41) is 0.365. The van der Waals surface area contributed by atoms with Crippen LogP contribution in [0.25, 0.3) is 11.2 Å². The van der Waals surface area contributed by atoms with Crippen molar-refractivity contribution in [3.05, 3.63) is 53.2 Å². The number of hydrogen-bond donors (Lipinski definition) is 0. The smallest absolute Gasteiger partial charge is 0.164 e. The van der Waals surface area contributed by atoms with Gasteiger partial charge in [-0.05, 0) is 11.1 Å². The predicted molar refractivity (Wildman–Crippen MR) is 80.9 cm³/mol. The largest absolute Gasteiger partial charge is 0.363 e. The molecule has 0 amide bonds. The van der Waals surface area contributed by atoms with E-state index in [0.717, 1.165) is 0 Å². The molecule has 1 aromatic carbocycles. The Labute approximate surface area is 136 Å². The highest BCUT2D eigenvalue weighted by Crippen LogP contribution is 2.64. The number of aromatic nitrogens is 4. The maximum atomic E-state index is 6.39. The summed E-state index contributed by atoms with van der Waals surface area (Å²) in [6, 6.07) is 8.36. The minimum Gasteiger partial charge on any atom is -0.363 e. The fraction of sp³-hybridized carbons (Fsp3) is 0.312. The summed E-state index contributed by atoms with van der Waals surface area (Å²) in [5.41, 5.74) is 3.32. The topological polar surface area (TPSA) is 65.4 Å². The summed E-state index contributed by atoms with van der Waals surface area (Å²) in [6.07, 6.45) is 3.53. The Morgan fingerprint density at radius 1 is 1.22 bits per heavy atom. The van der Waals surface area contributed by atoms with Crippen LogP contribution in [-0.2, 0) is 21.6 Å². The summed E-state index contributed by atoms with van der Waals surface area (Å²) < 4.78 is 14.3.